The highest BCUT2D eigenvalue weighted by Gasteiger charge is 2.19. The van der Waals surface area contributed by atoms with Gasteiger partial charge in [0.2, 0.25) is 0 Å². The van der Waals surface area contributed by atoms with Crippen molar-refractivity contribution in [2.75, 3.05) is 13.2 Å². The van der Waals surface area contributed by atoms with Crippen molar-refractivity contribution in [1.29, 1.82) is 0 Å². The van der Waals surface area contributed by atoms with Crippen LogP contribution in [0.15, 0.2) is 36.5 Å². The van der Waals surface area contributed by atoms with E-state index < -0.39 is 6.10 Å². The number of unbranched alkanes of at least 4 members (excludes halogenated alkanes) is 27. The van der Waals surface area contributed by atoms with E-state index >= 15 is 0 Å². The van der Waals surface area contributed by atoms with E-state index in [4.69, 9.17) is 14.2 Å². The van der Waals surface area contributed by atoms with Crippen molar-refractivity contribution in [2.45, 2.75) is 258 Å². The van der Waals surface area contributed by atoms with Crippen molar-refractivity contribution in [3.05, 3.63) is 36.5 Å². The monoisotopic (exact) mass is 801 g/mol. The zero-order chi connectivity index (χ0) is 41.5. The highest BCUT2D eigenvalue weighted by Crippen LogP contribution is 2.14. The third-order valence-electron chi connectivity index (χ3n) is 10.6. The van der Waals surface area contributed by atoms with Crippen LogP contribution < -0.4 is 0 Å². The van der Waals surface area contributed by atoms with Crippen molar-refractivity contribution >= 4 is 17.9 Å². The Bertz CT molecular complexity index is 969. The van der Waals surface area contributed by atoms with Gasteiger partial charge in [-0.2, -0.15) is 0 Å². The molecule has 0 saturated heterocycles. The summed E-state index contributed by atoms with van der Waals surface area (Å²) in [5.41, 5.74) is 0. The third-order valence-corrected chi connectivity index (χ3v) is 10.6. The van der Waals surface area contributed by atoms with Gasteiger partial charge in [0.25, 0.3) is 0 Å². The van der Waals surface area contributed by atoms with Crippen molar-refractivity contribution in [1.82, 2.24) is 0 Å². The van der Waals surface area contributed by atoms with Crippen LogP contribution >= 0.6 is 0 Å². The lowest BCUT2D eigenvalue weighted by atomic mass is 10.1. The van der Waals surface area contributed by atoms with Crippen LogP contribution in [-0.2, 0) is 28.6 Å². The molecule has 0 saturated carbocycles. The van der Waals surface area contributed by atoms with Crippen LogP contribution in [-0.4, -0.2) is 37.2 Å². The number of hydrogen-bond acceptors (Lipinski definition) is 6. The summed E-state index contributed by atoms with van der Waals surface area (Å²) in [6, 6.07) is 0. The van der Waals surface area contributed by atoms with Crippen molar-refractivity contribution in [3.63, 3.8) is 0 Å². The zero-order valence-electron chi connectivity index (χ0n) is 37.9. The third kappa shape index (κ3) is 44.6. The van der Waals surface area contributed by atoms with Crippen LogP contribution in [0.2, 0.25) is 0 Å². The summed E-state index contributed by atoms with van der Waals surface area (Å²) in [5.74, 6) is -0.886. The van der Waals surface area contributed by atoms with E-state index in [1.807, 2.05) is 0 Å². The summed E-state index contributed by atoms with van der Waals surface area (Å²) >= 11 is 0. The highest BCUT2D eigenvalue weighted by atomic mass is 16.6. The lowest BCUT2D eigenvalue weighted by Crippen LogP contribution is -2.30. The predicted octanol–water partition coefficient (Wildman–Crippen LogP) is 15.8. The van der Waals surface area contributed by atoms with Crippen molar-refractivity contribution in [2.24, 2.45) is 0 Å². The number of ether oxygens (including phenoxy) is 3. The van der Waals surface area contributed by atoms with Crippen LogP contribution in [0, 0.1) is 0 Å². The molecule has 0 aromatic carbocycles. The van der Waals surface area contributed by atoms with Gasteiger partial charge in [0, 0.05) is 19.3 Å². The molecule has 0 N–H and O–H groups in total. The Morgan fingerprint density at radius 2 is 0.632 bits per heavy atom. The van der Waals surface area contributed by atoms with Gasteiger partial charge < -0.3 is 14.2 Å². The summed E-state index contributed by atoms with van der Waals surface area (Å²) < 4.78 is 16.6. The molecule has 0 amide bonds. The molecule has 6 nitrogen and oxygen atoms in total. The summed E-state index contributed by atoms with van der Waals surface area (Å²) in [7, 11) is 0. The minimum Gasteiger partial charge on any atom is -0.462 e. The lowest BCUT2D eigenvalue weighted by Gasteiger charge is -2.18. The number of rotatable bonds is 44. The Morgan fingerprint density at radius 3 is 0.982 bits per heavy atom. The maximum absolute atomic E-state index is 12.7. The molecule has 0 spiro atoms. The zero-order valence-corrected chi connectivity index (χ0v) is 37.9. The minimum absolute atomic E-state index is 0.0726. The van der Waals surface area contributed by atoms with E-state index in [1.54, 1.807) is 0 Å². The number of hydrogen-bond donors (Lipinski definition) is 0. The van der Waals surface area contributed by atoms with Gasteiger partial charge >= 0.3 is 17.9 Å². The summed E-state index contributed by atoms with van der Waals surface area (Å²) in [6.07, 6.45) is 53.0. The van der Waals surface area contributed by atoms with Gasteiger partial charge in [-0.3, -0.25) is 14.4 Å². The standard InChI is InChI=1S/C51H92O6/c1-4-7-10-13-16-18-20-21-22-23-24-25-26-27-28-29-30-31-32-34-35-38-41-44-50(53)56-47-48(46-55-49(52)43-40-37-15-12-9-6-3)57-51(54)45-42-39-36-33-19-17-14-11-8-5-2/h20-21,23-24,26-27,48H,4-19,22,25,28-47H2,1-3H3/b21-20-,24-23-,27-26-. The number of carbonyl (C=O) groups excluding carboxylic acids is 3. The first-order valence-corrected chi connectivity index (χ1v) is 24.5. The second-order valence-electron chi connectivity index (χ2n) is 16.4. The normalized spacial score (nSPS) is 12.3. The van der Waals surface area contributed by atoms with Gasteiger partial charge in [0.15, 0.2) is 6.10 Å². The molecule has 1 unspecified atom stereocenters. The Balaban J connectivity index is 4.13. The molecule has 0 fully saturated rings. The fourth-order valence-electron chi connectivity index (χ4n) is 6.92. The molecule has 332 valence electrons. The fourth-order valence-corrected chi connectivity index (χ4v) is 6.92. The molecule has 0 aromatic heterocycles. The average Bonchev–Trinajstić information content (AvgIpc) is 3.21. The predicted molar refractivity (Wildman–Crippen MR) is 242 cm³/mol. The van der Waals surface area contributed by atoms with Crippen LogP contribution in [0.3, 0.4) is 0 Å². The molecule has 57 heavy (non-hydrogen) atoms. The highest BCUT2D eigenvalue weighted by molar-refractivity contribution is 5.71. The van der Waals surface area contributed by atoms with Gasteiger partial charge in [-0.1, -0.05) is 211 Å². The van der Waals surface area contributed by atoms with Crippen molar-refractivity contribution < 1.29 is 28.6 Å². The summed E-state index contributed by atoms with van der Waals surface area (Å²) in [6.45, 7) is 6.55. The molecule has 0 aliphatic rings. The summed E-state index contributed by atoms with van der Waals surface area (Å²) in [5, 5.41) is 0. The number of carbonyl (C=O) groups is 3. The van der Waals surface area contributed by atoms with Crippen LogP contribution in [0.5, 0.6) is 0 Å². The average molecular weight is 801 g/mol. The Hall–Kier alpha value is -2.37. The molecule has 6 heteroatoms. The second-order valence-corrected chi connectivity index (χ2v) is 16.4. The molecule has 0 bridgehead atoms. The van der Waals surface area contributed by atoms with Crippen LogP contribution in [0.25, 0.3) is 0 Å². The molecule has 0 radical (unpaired) electrons. The SMILES string of the molecule is CCCCCCC/C=C\C/C=C\C/C=C\CCCCCCCCCCC(=O)OCC(COC(=O)CCCCCCCC)OC(=O)CCCCCCCCCCCC. The van der Waals surface area contributed by atoms with Crippen molar-refractivity contribution in [3.8, 4) is 0 Å². The molecular formula is C51H92O6. The first kappa shape index (κ1) is 54.6. The topological polar surface area (TPSA) is 78.9 Å². The Labute approximate surface area is 353 Å². The summed E-state index contributed by atoms with van der Waals surface area (Å²) in [4.78, 5) is 37.6. The Kier molecular flexibility index (Phi) is 44.4. The number of allylic oxidation sites excluding steroid dienone is 6. The largest absolute Gasteiger partial charge is 0.462 e. The lowest BCUT2D eigenvalue weighted by molar-refractivity contribution is -0.167. The van der Waals surface area contributed by atoms with E-state index in [0.717, 1.165) is 77.0 Å². The van der Waals surface area contributed by atoms with Gasteiger partial charge in [0.05, 0.1) is 0 Å². The molecule has 0 rings (SSSR count). The minimum atomic E-state index is -0.766. The van der Waals surface area contributed by atoms with E-state index in [1.165, 1.54) is 135 Å². The second kappa shape index (κ2) is 46.3. The molecular weight excluding hydrogens is 709 g/mol. The molecule has 0 aliphatic carbocycles. The first-order valence-electron chi connectivity index (χ1n) is 24.5. The first-order chi connectivity index (χ1) is 28.0. The maximum atomic E-state index is 12.7. The molecule has 0 aromatic rings. The van der Waals surface area contributed by atoms with Crippen LogP contribution in [0.4, 0.5) is 0 Å². The van der Waals surface area contributed by atoms with Gasteiger partial charge in [0.1, 0.15) is 13.2 Å². The van der Waals surface area contributed by atoms with Gasteiger partial charge in [-0.15, -0.1) is 0 Å². The fraction of sp³-hybridized carbons (Fsp3) is 0.824. The smallest absolute Gasteiger partial charge is 0.306 e. The molecule has 0 aliphatic heterocycles. The molecule has 0 heterocycles. The quantitative estimate of drug-likeness (QED) is 0.0264. The van der Waals surface area contributed by atoms with E-state index in [0.29, 0.717) is 19.3 Å². The molecule has 1 atom stereocenters. The van der Waals surface area contributed by atoms with Gasteiger partial charge in [-0.25, -0.2) is 0 Å². The van der Waals surface area contributed by atoms with Crippen LogP contribution in [0.1, 0.15) is 252 Å². The van der Waals surface area contributed by atoms with Gasteiger partial charge in [-0.05, 0) is 57.8 Å². The maximum Gasteiger partial charge on any atom is 0.306 e. The van der Waals surface area contributed by atoms with E-state index in [2.05, 4.69) is 57.2 Å². The number of esters is 3. The van der Waals surface area contributed by atoms with E-state index in [-0.39, 0.29) is 31.1 Å². The van der Waals surface area contributed by atoms with E-state index in [9.17, 15) is 14.4 Å². The Morgan fingerprint density at radius 1 is 0.351 bits per heavy atom.